The Labute approximate surface area is 118 Å². The van der Waals surface area contributed by atoms with Crippen LogP contribution in [0.3, 0.4) is 0 Å². The van der Waals surface area contributed by atoms with E-state index in [2.05, 4.69) is 5.10 Å². The molecule has 2 rings (SSSR count). The number of aliphatic hydroxyl groups is 1. The summed E-state index contributed by atoms with van der Waals surface area (Å²) in [4.78, 5) is 0. The summed E-state index contributed by atoms with van der Waals surface area (Å²) >= 11 is 0. The molecular weight excluding hydrogens is 288 g/mol. The van der Waals surface area contributed by atoms with E-state index in [4.69, 9.17) is 5.11 Å². The van der Waals surface area contributed by atoms with Gasteiger partial charge in [-0.05, 0) is 18.9 Å². The first-order valence-electron chi connectivity index (χ1n) is 6.39. The highest BCUT2D eigenvalue weighted by Gasteiger charge is 2.36. The van der Waals surface area contributed by atoms with E-state index in [1.54, 1.807) is 6.07 Å². The van der Waals surface area contributed by atoms with Crippen LogP contribution < -0.4 is 0 Å². The van der Waals surface area contributed by atoms with Gasteiger partial charge in [0.1, 0.15) is 5.82 Å². The third-order valence-corrected chi connectivity index (χ3v) is 3.00. The largest absolute Gasteiger partial charge is 0.435 e. The molecule has 0 unspecified atom stereocenters. The number of rotatable bonds is 5. The van der Waals surface area contributed by atoms with E-state index in [1.807, 2.05) is 0 Å². The van der Waals surface area contributed by atoms with E-state index in [0.29, 0.717) is 0 Å². The minimum atomic E-state index is -4.56. The average Bonchev–Trinajstić information content (AvgIpc) is 2.82. The third-order valence-electron chi connectivity index (χ3n) is 3.00. The molecule has 2 aromatic rings. The van der Waals surface area contributed by atoms with Crippen LogP contribution in [-0.4, -0.2) is 21.5 Å². The van der Waals surface area contributed by atoms with Crippen molar-refractivity contribution in [3.63, 3.8) is 0 Å². The molecule has 0 saturated carbocycles. The average molecular weight is 302 g/mol. The lowest BCUT2D eigenvalue weighted by Gasteiger charge is -2.05. The molecule has 0 radical (unpaired) electrons. The number of aromatic nitrogens is 2. The molecule has 0 fully saturated rings. The first-order valence-corrected chi connectivity index (χ1v) is 6.39. The van der Waals surface area contributed by atoms with Crippen LogP contribution in [0.2, 0.25) is 0 Å². The molecule has 0 aliphatic rings. The fraction of sp³-hybridized carbons (Fsp3) is 0.357. The third kappa shape index (κ3) is 3.81. The molecule has 1 aromatic heterocycles. The number of aliphatic hydroxyl groups excluding tert-OH is 1. The molecule has 1 heterocycles. The van der Waals surface area contributed by atoms with E-state index in [0.717, 1.165) is 4.68 Å². The van der Waals surface area contributed by atoms with Crippen LogP contribution in [0.5, 0.6) is 0 Å². The number of nitrogens with zero attached hydrogens (tertiary/aromatic N) is 2. The number of hydrogen-bond acceptors (Lipinski definition) is 2. The second-order valence-electron chi connectivity index (χ2n) is 4.62. The molecule has 21 heavy (non-hydrogen) atoms. The second-order valence-corrected chi connectivity index (χ2v) is 4.62. The molecule has 7 heteroatoms. The minimum Gasteiger partial charge on any atom is -0.396 e. The topological polar surface area (TPSA) is 38.0 Å². The summed E-state index contributed by atoms with van der Waals surface area (Å²) in [7, 11) is 0. The van der Waals surface area contributed by atoms with Crippen LogP contribution >= 0.6 is 0 Å². The van der Waals surface area contributed by atoms with Crippen molar-refractivity contribution < 1.29 is 22.7 Å². The van der Waals surface area contributed by atoms with Gasteiger partial charge in [-0.3, -0.25) is 4.68 Å². The van der Waals surface area contributed by atoms with Crippen molar-refractivity contribution in [3.8, 4) is 0 Å². The zero-order valence-electron chi connectivity index (χ0n) is 11.1. The van der Waals surface area contributed by atoms with Gasteiger partial charge in [-0.25, -0.2) is 4.39 Å². The Morgan fingerprint density at radius 1 is 1.14 bits per heavy atom. The van der Waals surface area contributed by atoms with Crippen LogP contribution in [0.15, 0.2) is 30.5 Å². The van der Waals surface area contributed by atoms with E-state index in [-0.39, 0.29) is 37.1 Å². The summed E-state index contributed by atoms with van der Waals surface area (Å²) in [5.74, 6) is -0.488. The summed E-state index contributed by atoms with van der Waals surface area (Å²) in [5.41, 5.74) is -0.706. The molecule has 0 aliphatic heterocycles. The predicted molar refractivity (Wildman–Crippen MR) is 68.1 cm³/mol. The van der Waals surface area contributed by atoms with Gasteiger partial charge >= 0.3 is 6.18 Å². The van der Waals surface area contributed by atoms with E-state index < -0.39 is 17.7 Å². The fourth-order valence-corrected chi connectivity index (χ4v) is 2.04. The predicted octanol–water partition coefficient (Wildman–Crippen LogP) is 3.01. The maximum atomic E-state index is 13.5. The number of benzene rings is 1. The number of halogens is 4. The monoisotopic (exact) mass is 302 g/mol. The molecule has 3 nitrogen and oxygen atoms in total. The molecule has 1 aromatic carbocycles. The SMILES string of the molecule is OCCCc1cn(Cc2ccccc2F)nc1C(F)(F)F. The van der Waals surface area contributed by atoms with Crippen LogP contribution in [0.4, 0.5) is 17.6 Å². The quantitative estimate of drug-likeness (QED) is 0.862. The Bertz CT molecular complexity index is 607. The highest BCUT2D eigenvalue weighted by atomic mass is 19.4. The smallest absolute Gasteiger partial charge is 0.396 e. The van der Waals surface area contributed by atoms with E-state index in [1.165, 1.54) is 24.4 Å². The Kier molecular flexibility index (Phi) is 4.62. The summed E-state index contributed by atoms with van der Waals surface area (Å²) in [6, 6.07) is 5.86. The first kappa shape index (κ1) is 15.5. The maximum Gasteiger partial charge on any atom is 0.435 e. The molecular formula is C14H14F4N2O. The van der Waals surface area contributed by atoms with E-state index >= 15 is 0 Å². The standard InChI is InChI=1S/C14H14F4N2O/c15-12-6-2-1-4-10(12)8-20-9-11(5-3-7-21)13(19-20)14(16,17)18/h1-2,4,6,9,21H,3,5,7-8H2. The van der Waals surface area contributed by atoms with Gasteiger partial charge < -0.3 is 5.11 Å². The summed E-state index contributed by atoms with van der Waals surface area (Å²) in [6.07, 6.45) is -3.02. The maximum absolute atomic E-state index is 13.5. The molecule has 0 saturated heterocycles. The van der Waals surface area contributed by atoms with Gasteiger partial charge in [0.15, 0.2) is 5.69 Å². The lowest BCUT2D eigenvalue weighted by molar-refractivity contribution is -0.142. The number of aryl methyl sites for hydroxylation is 1. The summed E-state index contributed by atoms with van der Waals surface area (Å²) in [6.45, 7) is -0.273. The Hall–Kier alpha value is -1.89. The van der Waals surface area contributed by atoms with Crippen molar-refractivity contribution >= 4 is 0 Å². The van der Waals surface area contributed by atoms with Gasteiger partial charge in [-0.1, -0.05) is 18.2 Å². The summed E-state index contributed by atoms with van der Waals surface area (Å²) in [5, 5.41) is 12.3. The molecule has 1 N–H and O–H groups in total. The van der Waals surface area contributed by atoms with Crippen molar-refractivity contribution in [3.05, 3.63) is 53.1 Å². The zero-order chi connectivity index (χ0) is 15.5. The van der Waals surface area contributed by atoms with Crippen molar-refractivity contribution in [1.82, 2.24) is 9.78 Å². The highest BCUT2D eigenvalue weighted by Crippen LogP contribution is 2.31. The highest BCUT2D eigenvalue weighted by molar-refractivity contribution is 5.22. The van der Waals surface area contributed by atoms with Gasteiger partial charge in [0.25, 0.3) is 0 Å². The number of alkyl halides is 3. The second kappa shape index (κ2) is 6.26. The molecule has 0 spiro atoms. The van der Waals surface area contributed by atoms with Crippen LogP contribution in [0, 0.1) is 5.82 Å². The normalized spacial score (nSPS) is 11.9. The van der Waals surface area contributed by atoms with Crippen molar-refractivity contribution in [2.45, 2.75) is 25.6 Å². The molecule has 114 valence electrons. The van der Waals surface area contributed by atoms with Gasteiger partial charge in [0.05, 0.1) is 6.54 Å². The summed E-state index contributed by atoms with van der Waals surface area (Å²) < 4.78 is 53.3. The first-order chi connectivity index (χ1) is 9.91. The van der Waals surface area contributed by atoms with Gasteiger partial charge in [0.2, 0.25) is 0 Å². The molecule has 0 atom stereocenters. The van der Waals surface area contributed by atoms with Gasteiger partial charge in [-0.15, -0.1) is 0 Å². The molecule has 0 aliphatic carbocycles. The Balaban J connectivity index is 2.29. The van der Waals surface area contributed by atoms with Crippen molar-refractivity contribution in [2.24, 2.45) is 0 Å². The zero-order valence-corrected chi connectivity index (χ0v) is 11.1. The molecule has 0 bridgehead atoms. The van der Waals surface area contributed by atoms with Crippen molar-refractivity contribution in [1.29, 1.82) is 0 Å². The lowest BCUT2D eigenvalue weighted by atomic mass is 10.1. The van der Waals surface area contributed by atoms with Crippen LogP contribution in [0.25, 0.3) is 0 Å². The van der Waals surface area contributed by atoms with Crippen molar-refractivity contribution in [2.75, 3.05) is 6.61 Å². The Morgan fingerprint density at radius 3 is 2.48 bits per heavy atom. The van der Waals surface area contributed by atoms with Crippen LogP contribution in [0.1, 0.15) is 23.2 Å². The van der Waals surface area contributed by atoms with Crippen LogP contribution in [-0.2, 0) is 19.1 Å². The van der Waals surface area contributed by atoms with E-state index in [9.17, 15) is 17.6 Å². The lowest BCUT2D eigenvalue weighted by Crippen LogP contribution is -2.10. The van der Waals surface area contributed by atoms with Gasteiger partial charge in [0, 0.05) is 23.9 Å². The number of hydrogen-bond donors (Lipinski definition) is 1. The Morgan fingerprint density at radius 2 is 1.86 bits per heavy atom. The fourth-order valence-electron chi connectivity index (χ4n) is 2.04. The molecule has 0 amide bonds. The van der Waals surface area contributed by atoms with Gasteiger partial charge in [-0.2, -0.15) is 18.3 Å². The minimum absolute atomic E-state index is 0.00730.